The first-order valence-corrected chi connectivity index (χ1v) is 2.46. The lowest BCUT2D eigenvalue weighted by Crippen LogP contribution is -2.31. The van der Waals surface area contributed by atoms with Crippen LogP contribution in [0, 0.1) is 0 Å². The number of carbonyl (C=O) groups excluding carboxylic acids is 1. The predicted molar refractivity (Wildman–Crippen MR) is 32.4 cm³/mol. The molecule has 0 aliphatic rings. The van der Waals surface area contributed by atoms with E-state index in [1.807, 2.05) is 6.92 Å². The van der Waals surface area contributed by atoms with Gasteiger partial charge in [0.25, 0.3) is 0 Å². The van der Waals surface area contributed by atoms with Gasteiger partial charge >= 0.3 is 6.03 Å². The summed E-state index contributed by atoms with van der Waals surface area (Å²) in [4.78, 5) is 10.3. The molecule has 2 N–H and O–H groups in total. The van der Waals surface area contributed by atoms with Crippen LogP contribution in [0.3, 0.4) is 0 Å². The van der Waals surface area contributed by atoms with Crippen LogP contribution >= 0.6 is 0 Å². The molecule has 0 bridgehead atoms. The maximum atomic E-state index is 10.3. The van der Waals surface area contributed by atoms with E-state index in [0.29, 0.717) is 6.54 Å². The molecule has 46 valence electrons. The van der Waals surface area contributed by atoms with Crippen LogP contribution < -0.4 is 10.6 Å². The highest BCUT2D eigenvalue weighted by atomic mass is 16.2. The van der Waals surface area contributed by atoms with Crippen LogP contribution in [0.25, 0.3) is 0 Å². The zero-order valence-electron chi connectivity index (χ0n) is 4.90. The maximum Gasteiger partial charge on any atom is 0.318 e. The summed E-state index contributed by atoms with van der Waals surface area (Å²) in [6.07, 6.45) is 1.34. The van der Waals surface area contributed by atoms with E-state index in [2.05, 4.69) is 17.2 Å². The van der Waals surface area contributed by atoms with E-state index in [1.54, 1.807) is 0 Å². The molecule has 2 amide bonds. The van der Waals surface area contributed by atoms with Gasteiger partial charge in [0.05, 0.1) is 0 Å². The summed E-state index contributed by atoms with van der Waals surface area (Å²) in [5, 5.41) is 4.89. The number of carbonyl (C=O) groups is 1. The second-order valence-corrected chi connectivity index (χ2v) is 1.21. The molecule has 0 aromatic heterocycles. The van der Waals surface area contributed by atoms with Gasteiger partial charge in [-0.25, -0.2) is 4.79 Å². The average molecular weight is 114 g/mol. The Kier molecular flexibility index (Phi) is 3.66. The van der Waals surface area contributed by atoms with Crippen molar-refractivity contribution in [1.82, 2.24) is 10.6 Å². The highest BCUT2D eigenvalue weighted by Crippen LogP contribution is 1.60. The van der Waals surface area contributed by atoms with Gasteiger partial charge in [-0.05, 0) is 13.1 Å². The first-order valence-electron chi connectivity index (χ1n) is 2.46. The Labute approximate surface area is 48.8 Å². The predicted octanol–water partition coefficient (Wildman–Crippen LogP) is 0.449. The molecule has 0 radical (unpaired) electrons. The van der Waals surface area contributed by atoms with Crippen LogP contribution in [0.4, 0.5) is 4.79 Å². The monoisotopic (exact) mass is 114 g/mol. The standard InChI is InChI=1S/C5H10N2O/c1-3-6-5(8)7-4-2/h3H,1,4H2,2H3,(H2,6,7,8). The number of hydrogen-bond donors (Lipinski definition) is 2. The summed E-state index contributed by atoms with van der Waals surface area (Å²) in [6.45, 7) is 5.80. The van der Waals surface area contributed by atoms with Crippen molar-refractivity contribution in [2.45, 2.75) is 6.92 Å². The third-order valence-electron chi connectivity index (χ3n) is 0.570. The zero-order chi connectivity index (χ0) is 6.41. The highest BCUT2D eigenvalue weighted by molar-refractivity contribution is 5.74. The molecule has 0 heterocycles. The van der Waals surface area contributed by atoms with Crippen LogP contribution in [-0.2, 0) is 0 Å². The Hall–Kier alpha value is -0.990. The smallest absolute Gasteiger partial charge is 0.318 e. The van der Waals surface area contributed by atoms with Crippen molar-refractivity contribution in [3.05, 3.63) is 12.8 Å². The van der Waals surface area contributed by atoms with E-state index in [1.165, 1.54) is 6.20 Å². The molecule has 3 heteroatoms. The maximum absolute atomic E-state index is 10.3. The fourth-order valence-corrected chi connectivity index (χ4v) is 0.304. The van der Waals surface area contributed by atoms with E-state index < -0.39 is 0 Å². The lowest BCUT2D eigenvalue weighted by molar-refractivity contribution is 0.244. The molecule has 0 atom stereocenters. The van der Waals surface area contributed by atoms with Gasteiger partial charge in [0.1, 0.15) is 0 Å². The molecule has 0 spiro atoms. The van der Waals surface area contributed by atoms with Crippen molar-refractivity contribution in [3.8, 4) is 0 Å². The van der Waals surface area contributed by atoms with Gasteiger partial charge < -0.3 is 10.6 Å². The molecule has 0 saturated carbocycles. The van der Waals surface area contributed by atoms with Crippen molar-refractivity contribution in [2.75, 3.05) is 6.54 Å². The number of hydrogen-bond acceptors (Lipinski definition) is 1. The summed E-state index contributed by atoms with van der Waals surface area (Å²) in [5.74, 6) is 0. The molecular weight excluding hydrogens is 104 g/mol. The van der Waals surface area contributed by atoms with E-state index in [9.17, 15) is 4.79 Å². The van der Waals surface area contributed by atoms with Crippen molar-refractivity contribution >= 4 is 6.03 Å². The topological polar surface area (TPSA) is 41.1 Å². The summed E-state index contributed by atoms with van der Waals surface area (Å²) >= 11 is 0. The molecule has 0 unspecified atom stereocenters. The molecular formula is C5H10N2O. The lowest BCUT2D eigenvalue weighted by Gasteiger charge is -1.97. The van der Waals surface area contributed by atoms with E-state index in [-0.39, 0.29) is 6.03 Å². The minimum Gasteiger partial charge on any atom is -0.338 e. The summed E-state index contributed by atoms with van der Waals surface area (Å²) in [5.41, 5.74) is 0. The molecule has 0 aliphatic heterocycles. The van der Waals surface area contributed by atoms with Crippen LogP contribution in [0.5, 0.6) is 0 Å². The quantitative estimate of drug-likeness (QED) is 0.537. The van der Waals surface area contributed by atoms with Gasteiger partial charge in [-0.2, -0.15) is 0 Å². The number of rotatable bonds is 2. The number of nitrogens with one attached hydrogen (secondary N) is 2. The lowest BCUT2D eigenvalue weighted by atomic mass is 10.7. The van der Waals surface area contributed by atoms with Gasteiger partial charge in [-0.15, -0.1) is 0 Å². The molecule has 0 fully saturated rings. The van der Waals surface area contributed by atoms with Crippen LogP contribution in [0.1, 0.15) is 6.92 Å². The molecule has 0 aromatic rings. The van der Waals surface area contributed by atoms with Crippen LogP contribution in [0.2, 0.25) is 0 Å². The van der Waals surface area contributed by atoms with Gasteiger partial charge in [-0.1, -0.05) is 6.58 Å². The van der Waals surface area contributed by atoms with Crippen molar-refractivity contribution in [3.63, 3.8) is 0 Å². The molecule has 0 aromatic carbocycles. The van der Waals surface area contributed by atoms with E-state index in [0.717, 1.165) is 0 Å². The van der Waals surface area contributed by atoms with Gasteiger partial charge in [0, 0.05) is 6.54 Å². The van der Waals surface area contributed by atoms with Crippen LogP contribution in [0.15, 0.2) is 12.8 Å². The Morgan fingerprint density at radius 3 is 2.88 bits per heavy atom. The molecule has 0 aliphatic carbocycles. The molecule has 3 nitrogen and oxygen atoms in total. The van der Waals surface area contributed by atoms with E-state index >= 15 is 0 Å². The normalized spacial score (nSPS) is 7.62. The second kappa shape index (κ2) is 4.18. The van der Waals surface area contributed by atoms with Crippen molar-refractivity contribution < 1.29 is 4.79 Å². The Morgan fingerprint density at radius 2 is 2.50 bits per heavy atom. The van der Waals surface area contributed by atoms with Gasteiger partial charge in [0.15, 0.2) is 0 Å². The Bertz CT molecular complexity index is 90.4. The second-order valence-electron chi connectivity index (χ2n) is 1.21. The number of urea groups is 1. The third-order valence-corrected chi connectivity index (χ3v) is 0.570. The average Bonchev–Trinajstić information content (AvgIpc) is 1.68. The Morgan fingerprint density at radius 1 is 1.88 bits per heavy atom. The summed E-state index contributed by atoms with van der Waals surface area (Å²) in [6, 6.07) is -0.206. The Balaban J connectivity index is 3.18. The van der Waals surface area contributed by atoms with Gasteiger partial charge in [0.2, 0.25) is 0 Å². The first-order chi connectivity index (χ1) is 3.81. The zero-order valence-corrected chi connectivity index (χ0v) is 4.90. The summed E-state index contributed by atoms with van der Waals surface area (Å²) < 4.78 is 0. The minimum atomic E-state index is -0.206. The van der Waals surface area contributed by atoms with Crippen molar-refractivity contribution in [1.29, 1.82) is 0 Å². The van der Waals surface area contributed by atoms with E-state index in [4.69, 9.17) is 0 Å². The summed E-state index contributed by atoms with van der Waals surface area (Å²) in [7, 11) is 0. The molecule has 0 saturated heterocycles. The van der Waals surface area contributed by atoms with Crippen LogP contribution in [-0.4, -0.2) is 12.6 Å². The fraction of sp³-hybridized carbons (Fsp3) is 0.400. The fourth-order valence-electron chi connectivity index (χ4n) is 0.304. The minimum absolute atomic E-state index is 0.206. The molecule has 0 rings (SSSR count). The van der Waals surface area contributed by atoms with Gasteiger partial charge in [-0.3, -0.25) is 0 Å². The SMILES string of the molecule is C=CNC(=O)NCC. The molecule has 8 heavy (non-hydrogen) atoms. The number of amides is 2. The highest BCUT2D eigenvalue weighted by Gasteiger charge is 1.88. The largest absolute Gasteiger partial charge is 0.338 e. The first kappa shape index (κ1) is 7.01. The van der Waals surface area contributed by atoms with Crippen molar-refractivity contribution in [2.24, 2.45) is 0 Å². The third kappa shape index (κ3) is 3.21.